The zero-order chi connectivity index (χ0) is 8.27. The molecule has 0 bridgehead atoms. The molecule has 0 aromatic heterocycles. The molecule has 60 valence electrons. The number of carbonyl (C=O) groups excluding carboxylic acids is 1. The molecule has 1 fully saturated rings. The van der Waals surface area contributed by atoms with Crippen molar-refractivity contribution in [1.82, 2.24) is 5.32 Å². The van der Waals surface area contributed by atoms with E-state index in [0.717, 1.165) is 6.42 Å². The first-order valence-electron chi connectivity index (χ1n) is 3.66. The maximum atomic E-state index is 10.9. The highest BCUT2D eigenvalue weighted by Crippen LogP contribution is 2.25. The molecule has 1 saturated carbocycles. The highest BCUT2D eigenvalue weighted by molar-refractivity contribution is 9.12. The van der Waals surface area contributed by atoms with E-state index in [2.05, 4.69) is 38.9 Å². The zero-order valence-electron chi connectivity index (χ0n) is 6.36. The number of hydrogen-bond acceptors (Lipinski definition) is 1. The summed E-state index contributed by atoms with van der Waals surface area (Å²) >= 11 is 2.87. The lowest BCUT2D eigenvalue weighted by atomic mass is 9.81. The molecule has 1 aliphatic carbocycles. The van der Waals surface area contributed by atoms with Crippen LogP contribution >= 0.6 is 15.9 Å². The Labute approximate surface area is 74.9 Å². The van der Waals surface area contributed by atoms with Crippen molar-refractivity contribution in [2.24, 2.45) is 5.92 Å². The summed E-state index contributed by atoms with van der Waals surface area (Å²) in [6, 6.07) is 0.357. The average Bonchev–Trinajstić information content (AvgIpc) is 1.98. The van der Waals surface area contributed by atoms with Gasteiger partial charge in [-0.3, -0.25) is 4.79 Å². The summed E-state index contributed by atoms with van der Waals surface area (Å²) in [5.41, 5.74) is 0. The van der Waals surface area contributed by atoms with Gasteiger partial charge in [-0.05, 0) is 23.6 Å². The van der Waals surface area contributed by atoms with Crippen LogP contribution in [0.5, 0.6) is 0 Å². The molecular formula is C8H10BrNO. The summed E-state index contributed by atoms with van der Waals surface area (Å²) in [6.45, 7) is 2.13. The van der Waals surface area contributed by atoms with E-state index >= 15 is 0 Å². The van der Waals surface area contributed by atoms with Crippen LogP contribution in [-0.4, -0.2) is 11.9 Å². The molecule has 1 rings (SSSR count). The van der Waals surface area contributed by atoms with E-state index < -0.39 is 0 Å². The van der Waals surface area contributed by atoms with Crippen LogP contribution in [0.25, 0.3) is 0 Å². The molecule has 2 nitrogen and oxygen atoms in total. The van der Waals surface area contributed by atoms with E-state index in [1.165, 1.54) is 6.42 Å². The summed E-state index contributed by atoms with van der Waals surface area (Å²) < 4.78 is 0. The van der Waals surface area contributed by atoms with Crippen LogP contribution in [0.2, 0.25) is 0 Å². The number of hydrogen-bond donors (Lipinski definition) is 1. The smallest absolute Gasteiger partial charge is 0.296 e. The Bertz CT molecular complexity index is 216. The maximum Gasteiger partial charge on any atom is 0.296 e. The Balaban J connectivity index is 2.29. The predicted octanol–water partition coefficient (Wildman–Crippen LogP) is 1.26. The normalized spacial score (nSPS) is 27.8. The van der Waals surface area contributed by atoms with Gasteiger partial charge in [-0.2, -0.15) is 0 Å². The largest absolute Gasteiger partial charge is 0.342 e. The fourth-order valence-electron chi connectivity index (χ4n) is 1.13. The molecule has 0 saturated heterocycles. The van der Waals surface area contributed by atoms with Gasteiger partial charge in [0.25, 0.3) is 5.91 Å². The monoisotopic (exact) mass is 215 g/mol. The van der Waals surface area contributed by atoms with Crippen LogP contribution < -0.4 is 5.32 Å². The Kier molecular flexibility index (Phi) is 2.95. The van der Waals surface area contributed by atoms with Crippen LogP contribution in [0.3, 0.4) is 0 Å². The van der Waals surface area contributed by atoms with Gasteiger partial charge in [0.05, 0.1) is 0 Å². The summed E-state index contributed by atoms with van der Waals surface area (Å²) in [5, 5.41) is 2.82. The predicted molar refractivity (Wildman–Crippen MR) is 47.0 cm³/mol. The van der Waals surface area contributed by atoms with E-state index in [4.69, 9.17) is 0 Å². The summed E-state index contributed by atoms with van der Waals surface area (Å²) in [5.74, 6) is 2.82. The van der Waals surface area contributed by atoms with Gasteiger partial charge in [-0.1, -0.05) is 6.92 Å². The molecule has 3 heteroatoms. The lowest BCUT2D eigenvalue weighted by Gasteiger charge is -2.33. The summed E-state index contributed by atoms with van der Waals surface area (Å²) in [7, 11) is 0. The molecule has 0 radical (unpaired) electrons. The fourth-order valence-corrected chi connectivity index (χ4v) is 1.31. The van der Waals surface area contributed by atoms with Crippen molar-refractivity contribution in [3.05, 3.63) is 0 Å². The van der Waals surface area contributed by atoms with E-state index in [0.29, 0.717) is 12.0 Å². The van der Waals surface area contributed by atoms with Crippen LogP contribution in [0.15, 0.2) is 0 Å². The first-order valence-corrected chi connectivity index (χ1v) is 4.45. The molecule has 11 heavy (non-hydrogen) atoms. The Hall–Kier alpha value is -0.490. The molecule has 1 amide bonds. The second-order valence-corrected chi connectivity index (χ2v) is 3.25. The quantitative estimate of drug-likeness (QED) is 0.657. The van der Waals surface area contributed by atoms with Crippen molar-refractivity contribution in [3.63, 3.8) is 0 Å². The molecule has 0 spiro atoms. The van der Waals surface area contributed by atoms with Crippen LogP contribution in [0.4, 0.5) is 0 Å². The van der Waals surface area contributed by atoms with Gasteiger partial charge in [0, 0.05) is 27.9 Å². The molecule has 0 aromatic carbocycles. The highest BCUT2D eigenvalue weighted by Gasteiger charge is 2.27. The third-order valence-corrected chi connectivity index (χ3v) is 2.30. The third-order valence-electron chi connectivity index (χ3n) is 2.10. The lowest BCUT2D eigenvalue weighted by Crippen LogP contribution is -2.45. The second kappa shape index (κ2) is 3.77. The number of rotatable bonds is 1. The van der Waals surface area contributed by atoms with Crippen molar-refractivity contribution in [3.8, 4) is 10.8 Å². The molecular weight excluding hydrogens is 206 g/mol. The van der Waals surface area contributed by atoms with Gasteiger partial charge in [-0.15, -0.1) is 0 Å². The fraction of sp³-hybridized carbons (Fsp3) is 0.625. The van der Waals surface area contributed by atoms with Gasteiger partial charge < -0.3 is 5.32 Å². The van der Waals surface area contributed by atoms with Gasteiger partial charge in [0.15, 0.2) is 0 Å². The summed E-state index contributed by atoms with van der Waals surface area (Å²) in [4.78, 5) is 13.3. The SMILES string of the molecule is CC1CCC1NC(=O)C#CBr. The van der Waals surface area contributed by atoms with Crippen molar-refractivity contribution in [2.45, 2.75) is 25.8 Å². The number of nitrogens with one attached hydrogen (secondary N) is 1. The van der Waals surface area contributed by atoms with E-state index in [1.54, 1.807) is 0 Å². The van der Waals surface area contributed by atoms with Gasteiger partial charge in [-0.25, -0.2) is 0 Å². The van der Waals surface area contributed by atoms with Crippen LogP contribution in [0.1, 0.15) is 19.8 Å². The zero-order valence-corrected chi connectivity index (χ0v) is 7.94. The van der Waals surface area contributed by atoms with Crippen LogP contribution in [-0.2, 0) is 4.79 Å². The van der Waals surface area contributed by atoms with Crippen molar-refractivity contribution in [1.29, 1.82) is 0 Å². The van der Waals surface area contributed by atoms with Crippen LogP contribution in [0, 0.1) is 16.7 Å². The molecule has 2 atom stereocenters. The topological polar surface area (TPSA) is 29.1 Å². The highest BCUT2D eigenvalue weighted by atomic mass is 79.9. The van der Waals surface area contributed by atoms with E-state index in [1.807, 2.05) is 0 Å². The number of carbonyl (C=O) groups is 1. The Morgan fingerprint density at radius 1 is 1.64 bits per heavy atom. The number of amides is 1. The molecule has 1 aliphatic rings. The van der Waals surface area contributed by atoms with Gasteiger partial charge in [0.1, 0.15) is 0 Å². The average molecular weight is 216 g/mol. The third kappa shape index (κ3) is 2.23. The number of halogens is 1. The molecule has 2 unspecified atom stereocenters. The lowest BCUT2D eigenvalue weighted by molar-refractivity contribution is -0.117. The van der Waals surface area contributed by atoms with Crippen molar-refractivity contribution in [2.75, 3.05) is 0 Å². The Morgan fingerprint density at radius 3 is 2.73 bits per heavy atom. The molecule has 0 heterocycles. The van der Waals surface area contributed by atoms with Gasteiger partial charge in [0.2, 0.25) is 0 Å². The minimum absolute atomic E-state index is 0.182. The van der Waals surface area contributed by atoms with E-state index in [-0.39, 0.29) is 5.91 Å². The maximum absolute atomic E-state index is 10.9. The molecule has 0 aliphatic heterocycles. The first kappa shape index (κ1) is 8.61. The minimum Gasteiger partial charge on any atom is -0.342 e. The van der Waals surface area contributed by atoms with Gasteiger partial charge >= 0.3 is 0 Å². The molecule has 1 N–H and O–H groups in total. The standard InChI is InChI=1S/C8H10BrNO/c1-6-2-3-7(6)10-8(11)4-5-9/h6-7H,2-3H2,1H3,(H,10,11). The van der Waals surface area contributed by atoms with E-state index in [9.17, 15) is 4.79 Å². The van der Waals surface area contributed by atoms with Crippen molar-refractivity contribution >= 4 is 21.8 Å². The Morgan fingerprint density at radius 2 is 2.36 bits per heavy atom. The summed E-state index contributed by atoms with van der Waals surface area (Å²) in [6.07, 6.45) is 2.31. The molecule has 0 aromatic rings. The second-order valence-electron chi connectivity index (χ2n) is 2.85. The first-order chi connectivity index (χ1) is 5.24. The van der Waals surface area contributed by atoms with Crippen molar-refractivity contribution < 1.29 is 4.79 Å². The minimum atomic E-state index is -0.182.